The molecule has 0 bridgehead atoms. The van der Waals surface area contributed by atoms with Crippen LogP contribution in [0.5, 0.6) is 0 Å². The Kier molecular flexibility index (Phi) is 4.07. The Balaban J connectivity index is 1.82. The molecule has 150 valence electrons. The second-order valence-electron chi connectivity index (χ2n) is 8.99. The predicted octanol–water partition coefficient (Wildman–Crippen LogP) is 4.51. The highest BCUT2D eigenvalue weighted by Crippen LogP contribution is 2.52. The third-order valence-corrected chi connectivity index (χ3v) is 6.23. The summed E-state index contributed by atoms with van der Waals surface area (Å²) in [6, 6.07) is 18.6. The zero-order chi connectivity index (χ0) is 21.0. The summed E-state index contributed by atoms with van der Waals surface area (Å²) in [7, 11) is 0. The molecule has 30 heavy (non-hydrogen) atoms. The lowest BCUT2D eigenvalue weighted by Gasteiger charge is -2.40. The van der Waals surface area contributed by atoms with E-state index in [4.69, 9.17) is 0 Å². The van der Waals surface area contributed by atoms with E-state index in [2.05, 4.69) is 37.4 Å². The lowest BCUT2D eigenvalue weighted by molar-refractivity contribution is -0.255. The topological polar surface area (TPSA) is 69.2 Å². The summed E-state index contributed by atoms with van der Waals surface area (Å²) in [6.45, 7) is 4.23. The van der Waals surface area contributed by atoms with Crippen molar-refractivity contribution in [3.05, 3.63) is 82.9 Å². The van der Waals surface area contributed by atoms with Gasteiger partial charge in [-0.1, -0.05) is 68.4 Å². The van der Waals surface area contributed by atoms with Crippen LogP contribution in [0.15, 0.2) is 66.2 Å². The molecule has 4 heteroatoms. The highest BCUT2D eigenvalue weighted by Gasteiger charge is 2.41. The second kappa shape index (κ2) is 6.56. The van der Waals surface area contributed by atoms with E-state index in [1.165, 1.54) is 0 Å². The van der Waals surface area contributed by atoms with Crippen molar-refractivity contribution >= 4 is 33.8 Å². The monoisotopic (exact) mass is 396 g/mol. The van der Waals surface area contributed by atoms with E-state index in [9.17, 15) is 14.7 Å². The smallest absolute Gasteiger partial charge is 0.162 e. The van der Waals surface area contributed by atoms with Gasteiger partial charge in [0, 0.05) is 28.8 Å². The molecule has 0 fully saturated rings. The van der Waals surface area contributed by atoms with E-state index >= 15 is 0 Å². The summed E-state index contributed by atoms with van der Waals surface area (Å²) >= 11 is 0. The van der Waals surface area contributed by atoms with Crippen LogP contribution < -0.4 is 10.4 Å². The number of aromatic carboxylic acids is 1. The third kappa shape index (κ3) is 2.83. The number of rotatable bonds is 2. The van der Waals surface area contributed by atoms with Gasteiger partial charge in [-0.25, -0.2) is 0 Å². The van der Waals surface area contributed by atoms with Crippen LogP contribution in [-0.4, -0.2) is 11.8 Å². The number of carbonyl (C=O) groups is 2. The molecule has 5 rings (SSSR count). The number of hydrogen-bond donors (Lipinski definition) is 1. The molecule has 0 saturated heterocycles. The summed E-state index contributed by atoms with van der Waals surface area (Å²) in [5, 5.41) is 17.5. The van der Waals surface area contributed by atoms with Crippen LogP contribution in [0.1, 0.15) is 54.2 Å². The maximum absolute atomic E-state index is 13.4. The highest BCUT2D eigenvalue weighted by molar-refractivity contribution is 6.13. The van der Waals surface area contributed by atoms with Crippen molar-refractivity contribution < 1.29 is 14.7 Å². The number of carboxylic acids is 1. The molecule has 3 aromatic carbocycles. The molecule has 0 amide bonds. The molecule has 2 aliphatic rings. The molecular weight excluding hydrogens is 374 g/mol. The fourth-order valence-electron chi connectivity index (χ4n) is 5.01. The highest BCUT2D eigenvalue weighted by atomic mass is 16.4. The molecule has 0 spiro atoms. The SMILES string of the molecule is CC1(C)CC(=O)C2=C(C1)c1c(ccc3ccccc13)NC2c1ccccc1C(=O)[O-]. The number of benzene rings is 3. The van der Waals surface area contributed by atoms with E-state index in [1.807, 2.05) is 18.2 Å². The van der Waals surface area contributed by atoms with Crippen molar-refractivity contribution in [1.82, 2.24) is 0 Å². The van der Waals surface area contributed by atoms with Gasteiger partial charge >= 0.3 is 0 Å². The molecule has 1 heterocycles. The summed E-state index contributed by atoms with van der Waals surface area (Å²) in [6.07, 6.45) is 1.21. The van der Waals surface area contributed by atoms with Gasteiger partial charge in [-0.2, -0.15) is 0 Å². The molecule has 1 unspecified atom stereocenters. The van der Waals surface area contributed by atoms with Crippen molar-refractivity contribution in [2.45, 2.75) is 32.7 Å². The Morgan fingerprint density at radius 3 is 2.53 bits per heavy atom. The quantitative estimate of drug-likeness (QED) is 0.692. The van der Waals surface area contributed by atoms with Crippen LogP contribution in [0.3, 0.4) is 0 Å². The van der Waals surface area contributed by atoms with Crippen molar-refractivity contribution in [2.75, 3.05) is 5.32 Å². The van der Waals surface area contributed by atoms with E-state index in [0.29, 0.717) is 17.6 Å². The van der Waals surface area contributed by atoms with Crippen LogP contribution in [0.4, 0.5) is 5.69 Å². The van der Waals surface area contributed by atoms with Gasteiger partial charge in [0.25, 0.3) is 0 Å². The van der Waals surface area contributed by atoms with E-state index < -0.39 is 12.0 Å². The maximum atomic E-state index is 13.4. The largest absolute Gasteiger partial charge is 0.545 e. The fourth-order valence-corrected chi connectivity index (χ4v) is 5.01. The first kappa shape index (κ1) is 18.6. The van der Waals surface area contributed by atoms with Crippen molar-refractivity contribution in [3.8, 4) is 0 Å². The zero-order valence-electron chi connectivity index (χ0n) is 17.0. The van der Waals surface area contributed by atoms with Crippen molar-refractivity contribution in [2.24, 2.45) is 5.41 Å². The Hall–Kier alpha value is -3.40. The van der Waals surface area contributed by atoms with Crippen molar-refractivity contribution in [1.29, 1.82) is 0 Å². The minimum absolute atomic E-state index is 0.0745. The molecule has 1 aliphatic heterocycles. The second-order valence-corrected chi connectivity index (χ2v) is 8.99. The van der Waals surface area contributed by atoms with Gasteiger partial charge in [0.2, 0.25) is 0 Å². The molecule has 3 aromatic rings. The average molecular weight is 396 g/mol. The Morgan fingerprint density at radius 1 is 1.00 bits per heavy atom. The third-order valence-electron chi connectivity index (χ3n) is 6.23. The maximum Gasteiger partial charge on any atom is 0.162 e. The van der Waals surface area contributed by atoms with Crippen LogP contribution in [0.25, 0.3) is 16.3 Å². The summed E-state index contributed by atoms with van der Waals surface area (Å²) < 4.78 is 0. The van der Waals surface area contributed by atoms with Gasteiger partial charge in [0.15, 0.2) is 5.78 Å². The number of hydrogen-bond acceptors (Lipinski definition) is 4. The van der Waals surface area contributed by atoms with Crippen LogP contribution in [0.2, 0.25) is 0 Å². The minimum Gasteiger partial charge on any atom is -0.545 e. The summed E-state index contributed by atoms with van der Waals surface area (Å²) in [5.41, 5.74) is 4.23. The zero-order valence-corrected chi connectivity index (χ0v) is 17.0. The Labute approximate surface area is 175 Å². The molecule has 0 saturated carbocycles. The lowest BCUT2D eigenvalue weighted by Crippen LogP contribution is -2.34. The summed E-state index contributed by atoms with van der Waals surface area (Å²) in [4.78, 5) is 25.2. The minimum atomic E-state index is -1.23. The number of ketones is 1. The number of carbonyl (C=O) groups excluding carboxylic acids is 2. The fraction of sp³-hybridized carbons (Fsp3) is 0.231. The van der Waals surface area contributed by atoms with Gasteiger partial charge in [-0.05, 0) is 39.8 Å². The Bertz CT molecular complexity index is 1250. The molecular formula is C26H22NO3-. The van der Waals surface area contributed by atoms with Gasteiger partial charge in [0.1, 0.15) is 0 Å². The standard InChI is InChI=1S/C26H23NO3/c1-26(2)13-19-22-16-8-4-3-7-15(16)11-12-20(22)27-24(23(19)21(28)14-26)17-9-5-6-10-18(17)25(29)30/h3-12,24,27H,13-14H2,1-2H3,(H,29,30)/p-1. The summed E-state index contributed by atoms with van der Waals surface area (Å²) in [5.74, 6) is -1.16. The molecule has 1 aliphatic carbocycles. The van der Waals surface area contributed by atoms with E-state index in [-0.39, 0.29) is 16.8 Å². The first-order valence-electron chi connectivity index (χ1n) is 10.2. The molecule has 0 aromatic heterocycles. The van der Waals surface area contributed by atoms with Crippen LogP contribution in [0, 0.1) is 5.41 Å². The Morgan fingerprint density at radius 2 is 1.73 bits per heavy atom. The van der Waals surface area contributed by atoms with Gasteiger partial charge < -0.3 is 15.2 Å². The van der Waals surface area contributed by atoms with Gasteiger partial charge in [-0.15, -0.1) is 0 Å². The molecule has 1 N–H and O–H groups in total. The lowest BCUT2D eigenvalue weighted by atomic mass is 9.67. The van der Waals surface area contributed by atoms with Gasteiger partial charge in [0.05, 0.1) is 12.0 Å². The van der Waals surface area contributed by atoms with E-state index in [1.54, 1.807) is 24.3 Å². The molecule has 4 nitrogen and oxygen atoms in total. The first-order valence-corrected chi connectivity index (χ1v) is 10.2. The number of nitrogens with one attached hydrogen (secondary N) is 1. The normalized spacial score (nSPS) is 19.8. The number of carboxylic acid groups (broad SMARTS) is 1. The molecule has 0 radical (unpaired) electrons. The molecule has 1 atom stereocenters. The van der Waals surface area contributed by atoms with E-state index in [0.717, 1.165) is 34.0 Å². The van der Waals surface area contributed by atoms with Crippen molar-refractivity contribution in [3.63, 3.8) is 0 Å². The first-order chi connectivity index (χ1) is 14.4. The van der Waals surface area contributed by atoms with Gasteiger partial charge in [-0.3, -0.25) is 4.79 Å². The van der Waals surface area contributed by atoms with Crippen LogP contribution >= 0.6 is 0 Å². The predicted molar refractivity (Wildman–Crippen MR) is 116 cm³/mol. The number of Topliss-reactive ketones (excluding diaryl/α,β-unsaturated/α-hetero) is 1. The average Bonchev–Trinajstić information content (AvgIpc) is 2.71. The number of allylic oxidation sites excluding steroid dienone is 1. The number of fused-ring (bicyclic) bond motifs is 4. The number of anilines is 1. The van der Waals surface area contributed by atoms with Crippen LogP contribution in [-0.2, 0) is 4.79 Å².